The van der Waals surface area contributed by atoms with Crippen LogP contribution in [0, 0.1) is 0 Å². The highest BCUT2D eigenvalue weighted by molar-refractivity contribution is 5.89. The van der Waals surface area contributed by atoms with E-state index in [1.165, 1.54) is 0 Å². The van der Waals surface area contributed by atoms with Crippen LogP contribution in [0.4, 0.5) is 0 Å². The summed E-state index contributed by atoms with van der Waals surface area (Å²) < 4.78 is 19.1. The van der Waals surface area contributed by atoms with E-state index in [1.807, 2.05) is 0 Å². The van der Waals surface area contributed by atoms with Gasteiger partial charge in [0.1, 0.15) is 32.0 Å². The molecule has 3 unspecified atom stereocenters. The van der Waals surface area contributed by atoms with Crippen LogP contribution in [0.1, 0.15) is 26.7 Å². The van der Waals surface area contributed by atoms with Crippen LogP contribution in [0.3, 0.4) is 0 Å². The largest absolute Gasteiger partial charge is 0.505 e. The lowest BCUT2D eigenvalue weighted by Gasteiger charge is -2.16. The zero-order valence-corrected chi connectivity index (χ0v) is 14.0. The fourth-order valence-electron chi connectivity index (χ4n) is 1.74. The molecule has 10 heteroatoms. The minimum atomic E-state index is -1.48. The maximum Gasteiger partial charge on any atom is 0.378 e. The summed E-state index contributed by atoms with van der Waals surface area (Å²) >= 11 is 0. The van der Waals surface area contributed by atoms with E-state index in [0.29, 0.717) is 0 Å². The van der Waals surface area contributed by atoms with Gasteiger partial charge in [0.2, 0.25) is 5.76 Å². The SMILES string of the molecule is CCC(=O)OCC(O)COC1=C(O)C(C(O)COC(=O)CC)OC1=O. The molecule has 0 aromatic carbocycles. The van der Waals surface area contributed by atoms with E-state index >= 15 is 0 Å². The molecule has 0 radical (unpaired) electrons. The van der Waals surface area contributed by atoms with Crippen LogP contribution in [0.15, 0.2) is 11.5 Å². The number of carbonyl (C=O) groups excluding carboxylic acids is 3. The van der Waals surface area contributed by atoms with Crippen molar-refractivity contribution >= 4 is 17.9 Å². The van der Waals surface area contributed by atoms with E-state index in [2.05, 4.69) is 0 Å². The zero-order chi connectivity index (χ0) is 19.0. The van der Waals surface area contributed by atoms with Crippen LogP contribution in [-0.2, 0) is 33.3 Å². The van der Waals surface area contributed by atoms with Gasteiger partial charge in [-0.25, -0.2) is 4.79 Å². The van der Waals surface area contributed by atoms with Gasteiger partial charge in [0.05, 0.1) is 0 Å². The van der Waals surface area contributed by atoms with Gasteiger partial charge in [-0.15, -0.1) is 0 Å². The van der Waals surface area contributed by atoms with E-state index < -0.39 is 61.0 Å². The lowest BCUT2D eigenvalue weighted by atomic mass is 10.2. The third kappa shape index (κ3) is 6.24. The molecule has 3 N–H and O–H groups in total. The van der Waals surface area contributed by atoms with Gasteiger partial charge in [-0.1, -0.05) is 13.8 Å². The lowest BCUT2D eigenvalue weighted by Crippen LogP contribution is -2.33. The van der Waals surface area contributed by atoms with Crippen molar-refractivity contribution in [3.63, 3.8) is 0 Å². The Bertz CT molecular complexity index is 526. The molecule has 0 saturated carbocycles. The van der Waals surface area contributed by atoms with Gasteiger partial charge in [0.25, 0.3) is 0 Å². The fourth-order valence-corrected chi connectivity index (χ4v) is 1.74. The Balaban J connectivity index is 2.54. The molecule has 25 heavy (non-hydrogen) atoms. The van der Waals surface area contributed by atoms with Crippen LogP contribution >= 0.6 is 0 Å². The van der Waals surface area contributed by atoms with Gasteiger partial charge in [0.15, 0.2) is 11.9 Å². The van der Waals surface area contributed by atoms with Crippen molar-refractivity contribution in [1.29, 1.82) is 0 Å². The van der Waals surface area contributed by atoms with Crippen molar-refractivity contribution in [1.82, 2.24) is 0 Å². The number of aliphatic hydroxyl groups excluding tert-OH is 3. The summed E-state index contributed by atoms with van der Waals surface area (Å²) in [4.78, 5) is 33.7. The molecule has 1 aliphatic rings. The topological polar surface area (TPSA) is 149 Å². The summed E-state index contributed by atoms with van der Waals surface area (Å²) in [6.45, 7) is 1.90. The Kier molecular flexibility index (Phi) is 8.16. The molecule has 1 rings (SSSR count). The summed E-state index contributed by atoms with van der Waals surface area (Å²) in [5, 5.41) is 29.4. The number of carbonyl (C=O) groups is 3. The van der Waals surface area contributed by atoms with Crippen molar-refractivity contribution in [2.45, 2.75) is 45.0 Å². The van der Waals surface area contributed by atoms with E-state index in [4.69, 9.17) is 18.9 Å². The molecule has 0 aliphatic carbocycles. The minimum Gasteiger partial charge on any atom is -0.505 e. The van der Waals surface area contributed by atoms with Gasteiger partial charge in [-0.2, -0.15) is 0 Å². The van der Waals surface area contributed by atoms with E-state index in [9.17, 15) is 29.7 Å². The molecule has 0 fully saturated rings. The normalized spacial score (nSPS) is 19.2. The highest BCUT2D eigenvalue weighted by Gasteiger charge is 2.41. The summed E-state index contributed by atoms with van der Waals surface area (Å²) in [5.41, 5.74) is 0. The van der Waals surface area contributed by atoms with Crippen LogP contribution < -0.4 is 0 Å². The summed E-state index contributed by atoms with van der Waals surface area (Å²) in [5.74, 6) is -3.37. The first kappa shape index (κ1) is 20.7. The number of aliphatic hydroxyl groups is 3. The fraction of sp³-hybridized carbons (Fsp3) is 0.667. The highest BCUT2D eigenvalue weighted by Crippen LogP contribution is 2.24. The van der Waals surface area contributed by atoms with Crippen molar-refractivity contribution in [3.8, 4) is 0 Å². The molecule has 142 valence electrons. The molecular weight excluding hydrogens is 340 g/mol. The smallest absolute Gasteiger partial charge is 0.378 e. The molecule has 3 atom stereocenters. The Morgan fingerprint density at radius 1 is 1.08 bits per heavy atom. The second kappa shape index (κ2) is 9.84. The van der Waals surface area contributed by atoms with Crippen molar-refractivity contribution < 1.29 is 48.7 Å². The van der Waals surface area contributed by atoms with Crippen LogP contribution in [0.5, 0.6) is 0 Å². The number of hydrogen-bond acceptors (Lipinski definition) is 10. The van der Waals surface area contributed by atoms with Gasteiger partial charge in [0, 0.05) is 12.8 Å². The van der Waals surface area contributed by atoms with Crippen LogP contribution in [-0.4, -0.2) is 71.4 Å². The summed E-state index contributed by atoms with van der Waals surface area (Å²) in [6, 6.07) is 0. The number of ether oxygens (including phenoxy) is 4. The molecule has 0 bridgehead atoms. The maximum atomic E-state index is 11.7. The number of esters is 3. The van der Waals surface area contributed by atoms with E-state index in [-0.39, 0.29) is 19.4 Å². The molecule has 0 amide bonds. The van der Waals surface area contributed by atoms with Crippen molar-refractivity contribution in [2.75, 3.05) is 19.8 Å². The molecular formula is C15H22O10. The average molecular weight is 362 g/mol. The third-order valence-electron chi connectivity index (χ3n) is 3.12. The maximum absolute atomic E-state index is 11.7. The zero-order valence-electron chi connectivity index (χ0n) is 14.0. The standard InChI is InChI=1S/C15H22O10/c1-3-10(18)22-5-8(16)6-24-14-12(20)13(25-15(14)21)9(17)7-23-11(19)4-2/h8-9,13,16-17,20H,3-7H2,1-2H3. The summed E-state index contributed by atoms with van der Waals surface area (Å²) in [7, 11) is 0. The van der Waals surface area contributed by atoms with Gasteiger partial charge >= 0.3 is 17.9 Å². The number of cyclic esters (lactones) is 1. The Morgan fingerprint density at radius 3 is 2.20 bits per heavy atom. The molecule has 1 heterocycles. The molecule has 0 aromatic heterocycles. The lowest BCUT2D eigenvalue weighted by molar-refractivity contribution is -0.155. The van der Waals surface area contributed by atoms with Crippen LogP contribution in [0.25, 0.3) is 0 Å². The van der Waals surface area contributed by atoms with Crippen molar-refractivity contribution in [3.05, 3.63) is 11.5 Å². The predicted octanol–water partition coefficient (Wildman–Crippen LogP) is -0.674. The second-order valence-electron chi connectivity index (χ2n) is 5.15. The average Bonchev–Trinajstić information content (AvgIpc) is 2.89. The quantitative estimate of drug-likeness (QED) is 0.337. The third-order valence-corrected chi connectivity index (χ3v) is 3.12. The van der Waals surface area contributed by atoms with Gasteiger partial charge in [-0.3, -0.25) is 9.59 Å². The van der Waals surface area contributed by atoms with Crippen molar-refractivity contribution in [2.24, 2.45) is 0 Å². The highest BCUT2D eigenvalue weighted by atomic mass is 16.6. The first-order chi connectivity index (χ1) is 11.8. The predicted molar refractivity (Wildman–Crippen MR) is 80.0 cm³/mol. The summed E-state index contributed by atoms with van der Waals surface area (Å²) in [6.07, 6.45) is -3.89. The van der Waals surface area contributed by atoms with E-state index in [0.717, 1.165) is 0 Å². The Labute approximate surface area is 143 Å². The van der Waals surface area contributed by atoms with Gasteiger partial charge in [-0.05, 0) is 0 Å². The molecule has 0 aromatic rings. The van der Waals surface area contributed by atoms with Gasteiger partial charge < -0.3 is 34.3 Å². The molecule has 1 aliphatic heterocycles. The first-order valence-corrected chi connectivity index (χ1v) is 7.74. The van der Waals surface area contributed by atoms with Crippen LogP contribution in [0.2, 0.25) is 0 Å². The molecule has 0 saturated heterocycles. The molecule has 10 nitrogen and oxygen atoms in total. The Hall–Kier alpha value is -2.33. The number of hydrogen-bond donors (Lipinski definition) is 3. The second-order valence-corrected chi connectivity index (χ2v) is 5.15. The Morgan fingerprint density at radius 2 is 1.64 bits per heavy atom. The monoisotopic (exact) mass is 362 g/mol. The molecule has 0 spiro atoms. The van der Waals surface area contributed by atoms with E-state index in [1.54, 1.807) is 13.8 Å². The number of rotatable bonds is 10. The first-order valence-electron chi connectivity index (χ1n) is 7.74. The minimum absolute atomic E-state index is 0.105.